The molecule has 0 unspecified atom stereocenters. The van der Waals surface area contributed by atoms with Gasteiger partial charge in [0.1, 0.15) is 0 Å². The van der Waals surface area contributed by atoms with E-state index in [0.717, 1.165) is 0 Å². The average Bonchev–Trinajstić information content (AvgIpc) is 1.71. The molecule has 0 saturated carbocycles. The summed E-state index contributed by atoms with van der Waals surface area (Å²) in [5.41, 5.74) is 9.49. The zero-order chi connectivity index (χ0) is 14.9. The Hall–Kier alpha value is -1.44. The first-order valence-corrected chi connectivity index (χ1v) is 7.12. The largest absolute Gasteiger partial charge is 0.370 e. The van der Waals surface area contributed by atoms with Crippen LogP contribution in [0.15, 0.2) is 0 Å². The van der Waals surface area contributed by atoms with Crippen LogP contribution in [0.2, 0.25) is 0 Å². The van der Waals surface area contributed by atoms with Gasteiger partial charge in [0, 0.05) is 0 Å². The first-order valence-electron chi connectivity index (χ1n) is 3.43. The summed E-state index contributed by atoms with van der Waals surface area (Å²) in [5.74, 6) is -0.625. The lowest BCUT2D eigenvalue weighted by atomic mass is 10.9. The summed E-state index contributed by atoms with van der Waals surface area (Å²) in [4.78, 5) is 0. The van der Waals surface area contributed by atoms with E-state index in [1.165, 1.54) is 0 Å². The van der Waals surface area contributed by atoms with Crippen LogP contribution in [0.5, 0.6) is 0 Å². The highest BCUT2D eigenvalue weighted by Gasteiger charge is 1.83. The summed E-state index contributed by atoms with van der Waals surface area (Å²) in [5, 5.41) is 15.0. The lowest BCUT2D eigenvalue weighted by Crippen LogP contribution is -2.39. The quantitative estimate of drug-likeness (QED) is 0.141. The molecule has 0 radical (unpaired) electrons. The van der Waals surface area contributed by atoms with Gasteiger partial charge in [0.15, 0.2) is 11.9 Å². The molecule has 0 aliphatic rings. The van der Waals surface area contributed by atoms with Crippen LogP contribution in [0.25, 0.3) is 0 Å². The molecule has 0 rings (SSSR count). The van der Waals surface area contributed by atoms with Gasteiger partial charge in [0.2, 0.25) is 0 Å². The van der Waals surface area contributed by atoms with Crippen LogP contribution in [-0.4, -0.2) is 50.4 Å². The number of hydrogen-bond donors (Lipinski definition) is 7. The van der Waals surface area contributed by atoms with E-state index in [9.17, 15) is 16.8 Å². The first kappa shape index (κ1) is 20.9. The lowest BCUT2D eigenvalue weighted by molar-refractivity contribution is 0.488. The minimum atomic E-state index is -3.67. The standard InChI is InChI=1S/C2H7N5.2CH4O3S/c3-1(4)7-2(5)6;2*1-5(2,3)4/h(H7,3,4,5,6,7);2*1H3,(H,2,3,4). The topological polar surface area (TPSA) is 221 Å². The highest BCUT2D eigenvalue weighted by molar-refractivity contribution is 7.85. The molecule has 0 bridgehead atoms. The van der Waals surface area contributed by atoms with Crippen molar-refractivity contribution in [2.24, 2.45) is 11.5 Å². The third kappa shape index (κ3) is 350. The van der Waals surface area contributed by atoms with Crippen LogP contribution in [0, 0.1) is 10.8 Å². The fourth-order valence-electron chi connectivity index (χ4n) is 0.145. The van der Waals surface area contributed by atoms with Crippen molar-refractivity contribution in [1.29, 1.82) is 10.8 Å². The molecule has 0 aliphatic carbocycles. The van der Waals surface area contributed by atoms with Gasteiger partial charge >= 0.3 is 0 Å². The highest BCUT2D eigenvalue weighted by atomic mass is 32.2. The second-order valence-corrected chi connectivity index (χ2v) is 5.35. The maximum absolute atomic E-state index is 9.19. The van der Waals surface area contributed by atoms with E-state index >= 15 is 0 Å². The molecule has 0 heterocycles. The van der Waals surface area contributed by atoms with Crippen molar-refractivity contribution in [3.05, 3.63) is 0 Å². The third-order valence-electron chi connectivity index (χ3n) is 0.269. The predicted octanol–water partition coefficient (Wildman–Crippen LogP) is -2.63. The van der Waals surface area contributed by atoms with Gasteiger partial charge < -0.3 is 11.5 Å². The van der Waals surface area contributed by atoms with E-state index in [0.29, 0.717) is 12.5 Å². The molecule has 0 amide bonds. The van der Waals surface area contributed by atoms with Crippen LogP contribution >= 0.6 is 0 Å². The smallest absolute Gasteiger partial charge is 0.261 e. The lowest BCUT2D eigenvalue weighted by Gasteiger charge is -1.95. The molecule has 0 fully saturated rings. The normalized spacial score (nSPS) is 9.88. The molecule has 11 nitrogen and oxygen atoms in total. The van der Waals surface area contributed by atoms with Gasteiger partial charge in [0.05, 0.1) is 12.5 Å². The second kappa shape index (κ2) is 8.68. The Kier molecular flexibility index (Phi) is 10.7. The minimum absolute atomic E-state index is 0.312. The maximum Gasteiger partial charge on any atom is 0.261 e. The molecule has 0 aliphatic heterocycles. The van der Waals surface area contributed by atoms with Gasteiger partial charge in [-0.25, -0.2) is 0 Å². The molecule has 0 atom stereocenters. The van der Waals surface area contributed by atoms with E-state index in [4.69, 9.17) is 31.4 Å². The summed E-state index contributed by atoms with van der Waals surface area (Å²) in [7, 11) is -7.33. The number of hydrogen-bond acceptors (Lipinski definition) is 6. The molecule has 0 aromatic heterocycles. The van der Waals surface area contributed by atoms with Crippen molar-refractivity contribution >= 4 is 32.2 Å². The van der Waals surface area contributed by atoms with Gasteiger partial charge in [-0.1, -0.05) is 0 Å². The fourth-order valence-corrected chi connectivity index (χ4v) is 0.145. The van der Waals surface area contributed by atoms with Gasteiger partial charge in [0.25, 0.3) is 20.2 Å². The third-order valence-corrected chi connectivity index (χ3v) is 0.269. The van der Waals surface area contributed by atoms with E-state index in [1.54, 1.807) is 0 Å². The van der Waals surface area contributed by atoms with Crippen molar-refractivity contribution in [3.8, 4) is 0 Å². The van der Waals surface area contributed by atoms with Crippen LogP contribution in [0.3, 0.4) is 0 Å². The Morgan fingerprint density at radius 3 is 1.06 bits per heavy atom. The summed E-state index contributed by atoms with van der Waals surface area (Å²) < 4.78 is 51.7. The van der Waals surface area contributed by atoms with E-state index in [-0.39, 0.29) is 11.9 Å². The van der Waals surface area contributed by atoms with Crippen LogP contribution in [-0.2, 0) is 20.2 Å². The van der Waals surface area contributed by atoms with Crippen molar-refractivity contribution in [2.75, 3.05) is 12.5 Å². The first-order chi connectivity index (χ1) is 7.13. The number of guanidine groups is 2. The highest BCUT2D eigenvalue weighted by Crippen LogP contribution is 1.61. The Morgan fingerprint density at radius 1 is 0.941 bits per heavy atom. The van der Waals surface area contributed by atoms with Crippen molar-refractivity contribution < 1.29 is 25.9 Å². The van der Waals surface area contributed by atoms with Gasteiger partial charge in [-0.15, -0.1) is 0 Å². The van der Waals surface area contributed by atoms with E-state index in [2.05, 4.69) is 0 Å². The Balaban J connectivity index is -0.000000177. The Labute approximate surface area is 98.7 Å². The summed E-state index contributed by atoms with van der Waals surface area (Å²) in [6.07, 6.45) is 1.43. The zero-order valence-electron chi connectivity index (χ0n) is 9.00. The molecular formula is C4H15N5O6S2. The number of rotatable bonds is 0. The number of nitrogens with two attached hydrogens (primary N) is 2. The summed E-state index contributed by atoms with van der Waals surface area (Å²) >= 11 is 0. The summed E-state index contributed by atoms with van der Waals surface area (Å²) in [6.45, 7) is 0. The molecular weight excluding hydrogens is 278 g/mol. The second-order valence-electron chi connectivity index (χ2n) is 2.42. The van der Waals surface area contributed by atoms with Gasteiger partial charge in [-0.05, 0) is 0 Å². The van der Waals surface area contributed by atoms with Crippen molar-refractivity contribution in [1.82, 2.24) is 5.32 Å². The number of nitrogens with one attached hydrogen (secondary N) is 3. The Morgan fingerprint density at radius 2 is 1.06 bits per heavy atom. The molecule has 13 heteroatoms. The predicted molar refractivity (Wildman–Crippen MR) is 61.9 cm³/mol. The summed E-state index contributed by atoms with van der Waals surface area (Å²) in [6, 6.07) is 0. The fraction of sp³-hybridized carbons (Fsp3) is 0.500. The van der Waals surface area contributed by atoms with Gasteiger partial charge in [-0.2, -0.15) is 16.8 Å². The van der Waals surface area contributed by atoms with Crippen LogP contribution in [0.4, 0.5) is 0 Å². The minimum Gasteiger partial charge on any atom is -0.370 e. The molecule has 17 heavy (non-hydrogen) atoms. The molecule has 0 spiro atoms. The molecule has 0 saturated heterocycles. The van der Waals surface area contributed by atoms with Crippen LogP contribution in [0.1, 0.15) is 0 Å². The SMILES string of the molecule is CS(=O)(=O)O.CS(=O)(=O)O.N=C(N)NC(=N)N. The van der Waals surface area contributed by atoms with Crippen molar-refractivity contribution in [3.63, 3.8) is 0 Å². The van der Waals surface area contributed by atoms with Crippen molar-refractivity contribution in [2.45, 2.75) is 0 Å². The van der Waals surface area contributed by atoms with E-state index < -0.39 is 20.2 Å². The molecule has 0 aromatic rings. The molecule has 0 aromatic carbocycles. The van der Waals surface area contributed by atoms with E-state index in [1.807, 2.05) is 5.32 Å². The molecule has 104 valence electrons. The average molecular weight is 293 g/mol. The zero-order valence-corrected chi connectivity index (χ0v) is 10.6. The maximum atomic E-state index is 9.19. The Bertz CT molecular complexity index is 381. The molecule has 9 N–H and O–H groups in total. The van der Waals surface area contributed by atoms with Gasteiger partial charge in [-0.3, -0.25) is 25.2 Å². The van der Waals surface area contributed by atoms with Crippen LogP contribution < -0.4 is 16.8 Å². The monoisotopic (exact) mass is 293 g/mol.